The Morgan fingerprint density at radius 3 is 2.64 bits per heavy atom. The Bertz CT molecular complexity index is 1280. The number of ether oxygens (including phenoxy) is 1. The lowest BCUT2D eigenvalue weighted by molar-refractivity contribution is 0.261. The third kappa shape index (κ3) is 5.45. The van der Waals surface area contributed by atoms with E-state index in [1.165, 1.54) is 40.7 Å². The maximum atomic E-state index is 5.76. The van der Waals surface area contributed by atoms with Crippen LogP contribution in [-0.2, 0) is 11.3 Å². The number of allylic oxidation sites excluding steroid dienone is 8. The molecule has 2 aromatic heterocycles. The Morgan fingerprint density at radius 1 is 1.17 bits per heavy atom. The maximum Gasteiger partial charge on any atom is 0.123 e. The molecule has 0 saturated heterocycles. The summed E-state index contributed by atoms with van der Waals surface area (Å²) in [5.74, 6) is 0.886. The number of pyridine rings is 1. The fourth-order valence-corrected chi connectivity index (χ4v) is 5.17. The first-order valence-electron chi connectivity index (χ1n) is 12.9. The molecular formula is C31H40N4O. The molecule has 0 aromatic carbocycles. The molecule has 0 atom stereocenters. The van der Waals surface area contributed by atoms with E-state index in [0.29, 0.717) is 6.54 Å². The minimum atomic E-state index is 0.150. The van der Waals surface area contributed by atoms with Gasteiger partial charge in [-0.1, -0.05) is 57.2 Å². The van der Waals surface area contributed by atoms with Crippen LogP contribution in [0.15, 0.2) is 71.8 Å². The lowest BCUT2D eigenvalue weighted by Crippen LogP contribution is -2.31. The Balaban J connectivity index is 1.52. The van der Waals surface area contributed by atoms with Gasteiger partial charge in [0.25, 0.3) is 0 Å². The predicted octanol–water partition coefficient (Wildman–Crippen LogP) is 7.49. The van der Waals surface area contributed by atoms with Crippen LogP contribution in [0.4, 0.5) is 0 Å². The van der Waals surface area contributed by atoms with Crippen molar-refractivity contribution in [3.8, 4) is 0 Å². The van der Waals surface area contributed by atoms with Gasteiger partial charge in [0, 0.05) is 17.5 Å². The van der Waals surface area contributed by atoms with Crippen molar-refractivity contribution in [1.82, 2.24) is 20.0 Å². The van der Waals surface area contributed by atoms with Gasteiger partial charge in [0.15, 0.2) is 0 Å². The Kier molecular flexibility index (Phi) is 7.21. The number of hydrogen-bond acceptors (Lipinski definition) is 4. The van der Waals surface area contributed by atoms with Crippen LogP contribution in [0.5, 0.6) is 0 Å². The molecule has 2 aromatic rings. The van der Waals surface area contributed by atoms with Gasteiger partial charge in [-0.3, -0.25) is 4.98 Å². The number of aryl methyl sites for hydroxylation is 1. The van der Waals surface area contributed by atoms with Crippen LogP contribution in [0.25, 0.3) is 11.1 Å². The summed E-state index contributed by atoms with van der Waals surface area (Å²) in [4.78, 5) is 4.32. The summed E-state index contributed by atoms with van der Waals surface area (Å²) in [5, 5.41) is 8.89. The highest BCUT2D eigenvalue weighted by Crippen LogP contribution is 2.51. The van der Waals surface area contributed by atoms with Crippen molar-refractivity contribution >= 4 is 11.1 Å². The van der Waals surface area contributed by atoms with Crippen molar-refractivity contribution < 1.29 is 4.74 Å². The average Bonchev–Trinajstić information content (AvgIpc) is 3.30. The second-order valence-electron chi connectivity index (χ2n) is 11.5. The number of methoxy groups -OCH3 is 1. The maximum absolute atomic E-state index is 5.76. The molecule has 0 aliphatic heterocycles. The molecule has 2 aliphatic carbocycles. The first-order chi connectivity index (χ1) is 17.0. The van der Waals surface area contributed by atoms with Gasteiger partial charge in [-0.2, -0.15) is 0 Å². The summed E-state index contributed by atoms with van der Waals surface area (Å²) in [6.45, 7) is 18.6. The van der Waals surface area contributed by atoms with Crippen molar-refractivity contribution in [2.75, 3.05) is 7.11 Å². The van der Waals surface area contributed by atoms with Crippen molar-refractivity contribution in [3.05, 3.63) is 88.8 Å². The van der Waals surface area contributed by atoms with E-state index < -0.39 is 0 Å². The lowest BCUT2D eigenvalue weighted by Gasteiger charge is -2.43. The molecule has 0 bridgehead atoms. The quantitative estimate of drug-likeness (QED) is 0.426. The summed E-state index contributed by atoms with van der Waals surface area (Å²) in [6, 6.07) is 4.16. The molecule has 1 saturated carbocycles. The molecule has 0 radical (unpaired) electrons. The van der Waals surface area contributed by atoms with E-state index in [-0.39, 0.29) is 10.8 Å². The fraction of sp³-hybridized carbons (Fsp3) is 0.452. The van der Waals surface area contributed by atoms with E-state index in [0.717, 1.165) is 35.6 Å². The van der Waals surface area contributed by atoms with Crippen molar-refractivity contribution in [2.45, 2.75) is 73.8 Å². The summed E-state index contributed by atoms with van der Waals surface area (Å²) in [5.41, 5.74) is 9.61. The van der Waals surface area contributed by atoms with Crippen LogP contribution in [0.2, 0.25) is 0 Å². The van der Waals surface area contributed by atoms with Crippen LogP contribution < -0.4 is 0 Å². The van der Waals surface area contributed by atoms with E-state index in [9.17, 15) is 0 Å². The second-order valence-corrected chi connectivity index (χ2v) is 11.5. The smallest absolute Gasteiger partial charge is 0.123 e. The summed E-state index contributed by atoms with van der Waals surface area (Å²) in [6.07, 6.45) is 14.7. The molecule has 4 rings (SSSR count). The molecule has 0 N–H and O–H groups in total. The molecule has 0 spiro atoms. The van der Waals surface area contributed by atoms with Crippen LogP contribution in [0.1, 0.15) is 77.3 Å². The van der Waals surface area contributed by atoms with E-state index in [2.05, 4.69) is 80.8 Å². The highest BCUT2D eigenvalue weighted by molar-refractivity contribution is 5.79. The molecule has 2 aliphatic rings. The minimum absolute atomic E-state index is 0.150. The summed E-state index contributed by atoms with van der Waals surface area (Å²) < 4.78 is 7.68. The average molecular weight is 485 g/mol. The van der Waals surface area contributed by atoms with E-state index in [1.54, 1.807) is 7.11 Å². The monoisotopic (exact) mass is 484 g/mol. The van der Waals surface area contributed by atoms with Gasteiger partial charge < -0.3 is 4.74 Å². The Hall–Kier alpha value is -3.21. The standard InChI is InChI=1S/C31H40N4O/c1-21(9-12-27-23(3)30(4,5)14-15-31(27,6)7)19-35-20-28(33-34-35)25-10-11-26(29(18-25)36-8)24-13-16-32-22(2)17-24/h9,12-13,16-18,20H,3,10-11,14-15,19H2,1-2,4-8H3. The van der Waals surface area contributed by atoms with Gasteiger partial charge in [0.2, 0.25) is 0 Å². The lowest BCUT2D eigenvalue weighted by atomic mass is 9.61. The predicted molar refractivity (Wildman–Crippen MR) is 148 cm³/mol. The summed E-state index contributed by atoms with van der Waals surface area (Å²) >= 11 is 0. The molecule has 5 nitrogen and oxygen atoms in total. The Morgan fingerprint density at radius 2 is 1.92 bits per heavy atom. The molecule has 0 amide bonds. The zero-order chi connectivity index (χ0) is 26.1. The van der Waals surface area contributed by atoms with Crippen molar-refractivity contribution in [3.63, 3.8) is 0 Å². The highest BCUT2D eigenvalue weighted by atomic mass is 16.5. The van der Waals surface area contributed by atoms with E-state index in [4.69, 9.17) is 4.74 Å². The van der Waals surface area contributed by atoms with Crippen LogP contribution >= 0.6 is 0 Å². The summed E-state index contributed by atoms with van der Waals surface area (Å²) in [7, 11) is 1.73. The molecule has 1 fully saturated rings. The second kappa shape index (κ2) is 10.0. The van der Waals surface area contributed by atoms with Gasteiger partial charge in [0.05, 0.1) is 19.9 Å². The highest BCUT2D eigenvalue weighted by Gasteiger charge is 2.38. The molecular weight excluding hydrogens is 444 g/mol. The Labute approximate surface area is 216 Å². The first kappa shape index (κ1) is 25.9. The van der Waals surface area contributed by atoms with Gasteiger partial charge >= 0.3 is 0 Å². The minimum Gasteiger partial charge on any atom is -0.496 e. The number of aromatic nitrogens is 4. The van der Waals surface area contributed by atoms with Crippen LogP contribution in [0.3, 0.4) is 0 Å². The molecule has 2 heterocycles. The van der Waals surface area contributed by atoms with E-state index >= 15 is 0 Å². The van der Waals surface area contributed by atoms with Gasteiger partial charge in [-0.15, -0.1) is 5.10 Å². The molecule has 36 heavy (non-hydrogen) atoms. The van der Waals surface area contributed by atoms with E-state index in [1.807, 2.05) is 30.1 Å². The normalized spacial score (nSPS) is 21.1. The topological polar surface area (TPSA) is 52.8 Å². The number of hydrogen-bond donors (Lipinski definition) is 0. The number of rotatable bonds is 6. The SMILES string of the molecule is C=C1C(=CC=C(C)Cn2cc(C3=CC(OC)=C(c4ccnc(C)c4)CC3)nn2)C(C)(C)CCC1(C)C. The zero-order valence-electron chi connectivity index (χ0n) is 23.0. The van der Waals surface area contributed by atoms with Crippen molar-refractivity contribution in [2.24, 2.45) is 10.8 Å². The van der Waals surface area contributed by atoms with Gasteiger partial charge in [-0.05, 0) is 90.9 Å². The molecule has 5 heteroatoms. The number of nitrogens with zero attached hydrogens (tertiary/aromatic N) is 4. The van der Waals surface area contributed by atoms with Crippen molar-refractivity contribution in [1.29, 1.82) is 0 Å². The fourth-order valence-electron chi connectivity index (χ4n) is 5.17. The van der Waals surface area contributed by atoms with Crippen LogP contribution in [-0.4, -0.2) is 27.1 Å². The first-order valence-corrected chi connectivity index (χ1v) is 12.9. The third-order valence-corrected chi connectivity index (χ3v) is 7.77. The van der Waals surface area contributed by atoms with Gasteiger partial charge in [-0.25, -0.2) is 4.68 Å². The zero-order valence-corrected chi connectivity index (χ0v) is 23.0. The molecule has 190 valence electrons. The third-order valence-electron chi connectivity index (χ3n) is 7.77. The largest absolute Gasteiger partial charge is 0.496 e. The molecule has 0 unspecified atom stereocenters. The van der Waals surface area contributed by atoms with Gasteiger partial charge in [0.1, 0.15) is 11.5 Å². The van der Waals surface area contributed by atoms with Crippen LogP contribution in [0, 0.1) is 17.8 Å².